The summed E-state index contributed by atoms with van der Waals surface area (Å²) in [6.07, 6.45) is -4.35. The van der Waals surface area contributed by atoms with E-state index in [-0.39, 0.29) is 0 Å². The van der Waals surface area contributed by atoms with Crippen molar-refractivity contribution in [2.75, 3.05) is 7.11 Å². The van der Waals surface area contributed by atoms with E-state index in [1.807, 2.05) is 12.1 Å². The van der Waals surface area contributed by atoms with Crippen molar-refractivity contribution in [2.45, 2.75) is 12.2 Å². The number of halogens is 3. The lowest BCUT2D eigenvalue weighted by Gasteiger charge is -2.20. The quantitative estimate of drug-likeness (QED) is 0.672. The monoisotopic (exact) mass is 296 g/mol. The minimum atomic E-state index is -4.35. The van der Waals surface area contributed by atoms with Crippen molar-refractivity contribution in [3.63, 3.8) is 0 Å². The molecule has 0 radical (unpaired) electrons. The summed E-state index contributed by atoms with van der Waals surface area (Å²) in [4.78, 5) is 0. The van der Waals surface area contributed by atoms with Gasteiger partial charge in [0.1, 0.15) is 5.75 Å². The van der Waals surface area contributed by atoms with Crippen LogP contribution < -0.4 is 16.0 Å². The van der Waals surface area contributed by atoms with Gasteiger partial charge in [-0.25, -0.2) is 5.43 Å². The molecule has 1 atom stereocenters. The Balaban J connectivity index is 2.38. The first-order valence-corrected chi connectivity index (χ1v) is 6.23. The number of benzene rings is 2. The second kappa shape index (κ2) is 6.15. The summed E-state index contributed by atoms with van der Waals surface area (Å²) < 4.78 is 43.0. The molecule has 3 nitrogen and oxygen atoms in total. The van der Waals surface area contributed by atoms with E-state index in [0.717, 1.165) is 17.7 Å². The van der Waals surface area contributed by atoms with Crippen LogP contribution in [0, 0.1) is 0 Å². The molecule has 0 aliphatic rings. The van der Waals surface area contributed by atoms with Gasteiger partial charge in [0, 0.05) is 5.56 Å². The zero-order valence-corrected chi connectivity index (χ0v) is 11.3. The van der Waals surface area contributed by atoms with E-state index in [0.29, 0.717) is 11.3 Å². The second-order valence-electron chi connectivity index (χ2n) is 4.46. The van der Waals surface area contributed by atoms with Crippen LogP contribution in [0.5, 0.6) is 5.75 Å². The van der Waals surface area contributed by atoms with Gasteiger partial charge in [0.25, 0.3) is 0 Å². The molecule has 0 saturated heterocycles. The molecule has 0 spiro atoms. The highest BCUT2D eigenvalue weighted by Gasteiger charge is 2.30. The second-order valence-corrected chi connectivity index (χ2v) is 4.46. The van der Waals surface area contributed by atoms with Gasteiger partial charge in [0.05, 0.1) is 18.7 Å². The number of ether oxygens (including phenoxy) is 1. The first-order valence-electron chi connectivity index (χ1n) is 6.23. The largest absolute Gasteiger partial charge is 0.496 e. The summed E-state index contributed by atoms with van der Waals surface area (Å²) in [6, 6.07) is 11.6. The molecule has 0 amide bonds. The van der Waals surface area contributed by atoms with Gasteiger partial charge in [0.2, 0.25) is 0 Å². The summed E-state index contributed by atoms with van der Waals surface area (Å²) in [5.41, 5.74) is 3.29. The van der Waals surface area contributed by atoms with Crippen molar-refractivity contribution in [3.8, 4) is 5.75 Å². The maximum Gasteiger partial charge on any atom is 0.416 e. The molecule has 2 aromatic carbocycles. The van der Waals surface area contributed by atoms with Crippen LogP contribution >= 0.6 is 0 Å². The molecule has 0 heterocycles. The Morgan fingerprint density at radius 2 is 1.67 bits per heavy atom. The molecule has 6 heteroatoms. The number of alkyl halides is 3. The Morgan fingerprint density at radius 1 is 1.05 bits per heavy atom. The number of nitrogens with one attached hydrogen (secondary N) is 1. The molecule has 2 aromatic rings. The fraction of sp³-hybridized carbons (Fsp3) is 0.200. The number of nitrogens with two attached hydrogens (primary N) is 1. The van der Waals surface area contributed by atoms with E-state index >= 15 is 0 Å². The normalized spacial score (nSPS) is 13.0. The third-order valence-corrected chi connectivity index (χ3v) is 3.19. The molecular weight excluding hydrogens is 281 g/mol. The molecule has 3 N–H and O–H groups in total. The topological polar surface area (TPSA) is 47.3 Å². The van der Waals surface area contributed by atoms with Crippen molar-refractivity contribution >= 4 is 0 Å². The zero-order chi connectivity index (χ0) is 15.5. The molecule has 112 valence electrons. The molecule has 0 aliphatic carbocycles. The lowest BCUT2D eigenvalue weighted by Crippen LogP contribution is -2.29. The van der Waals surface area contributed by atoms with Crippen LogP contribution in [0.25, 0.3) is 0 Å². The molecule has 0 saturated carbocycles. The van der Waals surface area contributed by atoms with E-state index in [4.69, 9.17) is 10.6 Å². The number of hydrazine groups is 1. The molecule has 0 fully saturated rings. The molecule has 0 aliphatic heterocycles. The van der Waals surface area contributed by atoms with Gasteiger partial charge >= 0.3 is 6.18 Å². The zero-order valence-electron chi connectivity index (χ0n) is 11.3. The van der Waals surface area contributed by atoms with Crippen LogP contribution in [-0.2, 0) is 6.18 Å². The number of hydrogen-bond donors (Lipinski definition) is 2. The summed E-state index contributed by atoms with van der Waals surface area (Å²) in [5, 5.41) is 0. The Hall–Kier alpha value is -2.05. The molecule has 1 unspecified atom stereocenters. The number of rotatable bonds is 4. The van der Waals surface area contributed by atoms with Gasteiger partial charge in [0.15, 0.2) is 0 Å². The maximum absolute atomic E-state index is 12.6. The van der Waals surface area contributed by atoms with E-state index in [9.17, 15) is 13.2 Å². The first kappa shape index (κ1) is 15.3. The maximum atomic E-state index is 12.6. The number of hydrogen-bond acceptors (Lipinski definition) is 3. The Kier molecular flexibility index (Phi) is 4.50. The average Bonchev–Trinajstić information content (AvgIpc) is 2.48. The van der Waals surface area contributed by atoms with E-state index in [1.165, 1.54) is 19.2 Å². The summed E-state index contributed by atoms with van der Waals surface area (Å²) >= 11 is 0. The van der Waals surface area contributed by atoms with Gasteiger partial charge in [-0.05, 0) is 23.8 Å². The van der Waals surface area contributed by atoms with Crippen molar-refractivity contribution in [2.24, 2.45) is 5.84 Å². The lowest BCUT2D eigenvalue weighted by atomic mass is 9.97. The van der Waals surface area contributed by atoms with Crippen LogP contribution in [0.4, 0.5) is 13.2 Å². The average molecular weight is 296 g/mol. The first-order chi connectivity index (χ1) is 9.97. The highest BCUT2D eigenvalue weighted by Crippen LogP contribution is 2.33. The fourth-order valence-electron chi connectivity index (χ4n) is 2.14. The van der Waals surface area contributed by atoms with Gasteiger partial charge in [-0.2, -0.15) is 13.2 Å². The van der Waals surface area contributed by atoms with Crippen molar-refractivity contribution in [3.05, 3.63) is 65.2 Å². The van der Waals surface area contributed by atoms with Gasteiger partial charge < -0.3 is 4.74 Å². The van der Waals surface area contributed by atoms with Crippen molar-refractivity contribution in [1.82, 2.24) is 5.43 Å². The van der Waals surface area contributed by atoms with Crippen molar-refractivity contribution < 1.29 is 17.9 Å². The summed E-state index contributed by atoms with van der Waals surface area (Å²) in [7, 11) is 1.53. The summed E-state index contributed by atoms with van der Waals surface area (Å²) in [5.74, 6) is 6.17. The molecule has 0 bridgehead atoms. The van der Waals surface area contributed by atoms with Crippen LogP contribution in [0.3, 0.4) is 0 Å². The minimum absolute atomic E-state index is 0.455. The van der Waals surface area contributed by atoms with Crippen molar-refractivity contribution in [1.29, 1.82) is 0 Å². The van der Waals surface area contributed by atoms with E-state index in [2.05, 4.69) is 5.43 Å². The minimum Gasteiger partial charge on any atom is -0.496 e. The lowest BCUT2D eigenvalue weighted by molar-refractivity contribution is -0.137. The highest BCUT2D eigenvalue weighted by molar-refractivity contribution is 5.42. The third kappa shape index (κ3) is 3.34. The number of methoxy groups -OCH3 is 1. The van der Waals surface area contributed by atoms with E-state index in [1.54, 1.807) is 12.1 Å². The molecule has 2 rings (SSSR count). The predicted molar refractivity (Wildman–Crippen MR) is 73.6 cm³/mol. The Morgan fingerprint density at radius 3 is 2.19 bits per heavy atom. The van der Waals surface area contributed by atoms with Gasteiger partial charge in [-0.1, -0.05) is 30.3 Å². The van der Waals surface area contributed by atoms with Crippen LogP contribution in [0.1, 0.15) is 22.7 Å². The van der Waals surface area contributed by atoms with Crippen LogP contribution in [0.15, 0.2) is 48.5 Å². The fourth-order valence-corrected chi connectivity index (χ4v) is 2.14. The molecule has 21 heavy (non-hydrogen) atoms. The predicted octanol–water partition coefficient (Wildman–Crippen LogP) is 3.27. The molecular formula is C15H15F3N2O. The smallest absolute Gasteiger partial charge is 0.416 e. The van der Waals surface area contributed by atoms with Crippen LogP contribution in [0.2, 0.25) is 0 Å². The van der Waals surface area contributed by atoms with Crippen LogP contribution in [-0.4, -0.2) is 7.11 Å². The summed E-state index contributed by atoms with van der Waals surface area (Å²) in [6.45, 7) is 0. The van der Waals surface area contributed by atoms with Gasteiger partial charge in [-0.3, -0.25) is 5.84 Å². The highest BCUT2D eigenvalue weighted by atomic mass is 19.4. The standard InChI is InChI=1S/C15H15F3N2O/c1-21-13-5-3-2-4-12(13)14(20-19)10-6-8-11(9-7-10)15(16,17)18/h2-9,14,20H,19H2,1H3. The number of para-hydroxylation sites is 1. The van der Waals surface area contributed by atoms with Gasteiger partial charge in [-0.15, -0.1) is 0 Å². The SMILES string of the molecule is COc1ccccc1C(NN)c1ccc(C(F)(F)F)cc1. The molecule has 0 aromatic heterocycles. The van der Waals surface area contributed by atoms with E-state index < -0.39 is 17.8 Å². The Labute approximate surface area is 120 Å². The third-order valence-electron chi connectivity index (χ3n) is 3.19. The Bertz CT molecular complexity index is 597.